The van der Waals surface area contributed by atoms with E-state index in [1.165, 1.54) is 0 Å². The fourth-order valence-electron chi connectivity index (χ4n) is 2.67. The monoisotopic (exact) mass is 377 g/mol. The predicted octanol–water partition coefficient (Wildman–Crippen LogP) is 3.61. The second-order valence-corrected chi connectivity index (χ2v) is 6.49. The summed E-state index contributed by atoms with van der Waals surface area (Å²) in [5, 5.41) is 7.35. The minimum atomic E-state index is -0.583. The van der Waals surface area contributed by atoms with Gasteiger partial charge in [-0.3, -0.25) is 4.79 Å². The van der Waals surface area contributed by atoms with Gasteiger partial charge in [0.1, 0.15) is 11.3 Å². The quantitative estimate of drug-likeness (QED) is 0.639. The standard InChI is InChI=1S/C22H23N3O3/c1-3-16(2)23-20(26)15-28-22(27)19-14-25(18-12-8-5-9-13-18)24-21(19)17-10-6-4-7-11-17/h4-14,16H,3,15H2,1-2H3,(H,23,26). The molecule has 6 nitrogen and oxygen atoms in total. The van der Waals surface area contributed by atoms with Crippen LogP contribution in [0, 0.1) is 0 Å². The Morgan fingerprint density at radius 1 is 1.07 bits per heavy atom. The Morgan fingerprint density at radius 3 is 2.36 bits per heavy atom. The molecule has 3 rings (SSSR count). The van der Waals surface area contributed by atoms with Crippen LogP contribution in [-0.2, 0) is 9.53 Å². The number of benzene rings is 2. The highest BCUT2D eigenvalue weighted by molar-refractivity contribution is 5.97. The molecule has 1 N–H and O–H groups in total. The molecule has 0 aliphatic rings. The van der Waals surface area contributed by atoms with Crippen LogP contribution >= 0.6 is 0 Å². The second kappa shape index (κ2) is 8.99. The van der Waals surface area contributed by atoms with E-state index in [0.717, 1.165) is 17.7 Å². The summed E-state index contributed by atoms with van der Waals surface area (Å²) in [5.41, 5.74) is 2.45. The number of hydrogen-bond donors (Lipinski definition) is 1. The number of carbonyl (C=O) groups is 2. The number of nitrogens with zero attached hydrogens (tertiary/aromatic N) is 2. The molecule has 1 amide bonds. The molecule has 28 heavy (non-hydrogen) atoms. The highest BCUT2D eigenvalue weighted by Gasteiger charge is 2.21. The molecule has 0 saturated heterocycles. The molecule has 1 aromatic heterocycles. The molecule has 0 aliphatic heterocycles. The number of hydrogen-bond acceptors (Lipinski definition) is 4. The van der Waals surface area contributed by atoms with Crippen LogP contribution in [0.4, 0.5) is 0 Å². The molecular formula is C22H23N3O3. The lowest BCUT2D eigenvalue weighted by molar-refractivity contribution is -0.124. The van der Waals surface area contributed by atoms with Crippen molar-refractivity contribution >= 4 is 11.9 Å². The summed E-state index contributed by atoms with van der Waals surface area (Å²) in [6, 6.07) is 19.0. The van der Waals surface area contributed by atoms with E-state index in [1.54, 1.807) is 10.9 Å². The fourth-order valence-corrected chi connectivity index (χ4v) is 2.67. The van der Waals surface area contributed by atoms with E-state index in [1.807, 2.05) is 74.5 Å². The Balaban J connectivity index is 1.85. The summed E-state index contributed by atoms with van der Waals surface area (Å²) < 4.78 is 6.88. The van der Waals surface area contributed by atoms with E-state index in [4.69, 9.17) is 4.74 Å². The normalized spacial score (nSPS) is 11.6. The zero-order valence-electron chi connectivity index (χ0n) is 16.0. The van der Waals surface area contributed by atoms with E-state index in [9.17, 15) is 9.59 Å². The number of para-hydroxylation sites is 1. The van der Waals surface area contributed by atoms with Crippen LogP contribution < -0.4 is 5.32 Å². The number of nitrogens with one attached hydrogen (secondary N) is 1. The van der Waals surface area contributed by atoms with Gasteiger partial charge in [0.15, 0.2) is 6.61 Å². The van der Waals surface area contributed by atoms with Gasteiger partial charge in [-0.15, -0.1) is 0 Å². The second-order valence-electron chi connectivity index (χ2n) is 6.49. The molecule has 6 heteroatoms. The summed E-state index contributed by atoms with van der Waals surface area (Å²) in [7, 11) is 0. The summed E-state index contributed by atoms with van der Waals surface area (Å²) in [5.74, 6) is -0.903. The Labute approximate surface area is 164 Å². The number of aromatic nitrogens is 2. The van der Waals surface area contributed by atoms with Crippen LogP contribution in [0.1, 0.15) is 30.6 Å². The lowest BCUT2D eigenvalue weighted by atomic mass is 10.1. The highest BCUT2D eigenvalue weighted by atomic mass is 16.5. The molecule has 0 spiro atoms. The summed E-state index contributed by atoms with van der Waals surface area (Å²) in [4.78, 5) is 24.6. The lowest BCUT2D eigenvalue weighted by Crippen LogP contribution is -2.35. The van der Waals surface area contributed by atoms with Crippen LogP contribution in [0.5, 0.6) is 0 Å². The lowest BCUT2D eigenvalue weighted by Gasteiger charge is -2.11. The van der Waals surface area contributed by atoms with Gasteiger partial charge in [-0.25, -0.2) is 9.48 Å². The van der Waals surface area contributed by atoms with Gasteiger partial charge < -0.3 is 10.1 Å². The van der Waals surface area contributed by atoms with E-state index in [2.05, 4.69) is 10.4 Å². The van der Waals surface area contributed by atoms with Gasteiger partial charge >= 0.3 is 5.97 Å². The van der Waals surface area contributed by atoms with Crippen molar-refractivity contribution in [3.05, 3.63) is 72.4 Å². The first kappa shape index (κ1) is 19.4. The Morgan fingerprint density at radius 2 is 1.71 bits per heavy atom. The number of carbonyl (C=O) groups excluding carboxylic acids is 2. The zero-order valence-corrected chi connectivity index (χ0v) is 16.0. The number of esters is 1. The first-order valence-electron chi connectivity index (χ1n) is 9.25. The average molecular weight is 377 g/mol. The van der Waals surface area contributed by atoms with Crippen LogP contribution in [0.25, 0.3) is 16.9 Å². The third-order valence-corrected chi connectivity index (χ3v) is 4.36. The van der Waals surface area contributed by atoms with Crippen molar-refractivity contribution < 1.29 is 14.3 Å². The highest BCUT2D eigenvalue weighted by Crippen LogP contribution is 2.24. The SMILES string of the molecule is CCC(C)NC(=O)COC(=O)c1cn(-c2ccccc2)nc1-c1ccccc1. The number of amides is 1. The van der Waals surface area contributed by atoms with Gasteiger partial charge in [-0.05, 0) is 25.5 Å². The first-order valence-corrected chi connectivity index (χ1v) is 9.25. The van der Waals surface area contributed by atoms with Crippen molar-refractivity contribution in [3.8, 4) is 16.9 Å². The molecule has 0 fully saturated rings. The molecule has 0 bridgehead atoms. The number of rotatable bonds is 7. The van der Waals surface area contributed by atoms with Crippen LogP contribution in [0.2, 0.25) is 0 Å². The van der Waals surface area contributed by atoms with Gasteiger partial charge in [-0.2, -0.15) is 5.10 Å². The minimum absolute atomic E-state index is 0.0342. The number of ether oxygens (including phenoxy) is 1. The van der Waals surface area contributed by atoms with Crippen molar-refractivity contribution in [2.75, 3.05) is 6.61 Å². The molecule has 144 valence electrons. The topological polar surface area (TPSA) is 73.2 Å². The smallest absolute Gasteiger partial charge is 0.342 e. The van der Waals surface area contributed by atoms with Crippen molar-refractivity contribution in [2.24, 2.45) is 0 Å². The van der Waals surface area contributed by atoms with Crippen molar-refractivity contribution in [2.45, 2.75) is 26.3 Å². The third kappa shape index (κ3) is 4.65. The average Bonchev–Trinajstić information content (AvgIpc) is 3.19. The molecule has 0 radical (unpaired) electrons. The molecule has 2 aromatic carbocycles. The van der Waals surface area contributed by atoms with Crippen molar-refractivity contribution in [1.82, 2.24) is 15.1 Å². The van der Waals surface area contributed by atoms with Gasteiger partial charge in [0.2, 0.25) is 0 Å². The molecule has 1 heterocycles. The summed E-state index contributed by atoms with van der Waals surface area (Å²) >= 11 is 0. The maximum absolute atomic E-state index is 12.7. The predicted molar refractivity (Wildman–Crippen MR) is 107 cm³/mol. The molecule has 1 atom stereocenters. The van der Waals surface area contributed by atoms with Crippen molar-refractivity contribution in [1.29, 1.82) is 0 Å². The minimum Gasteiger partial charge on any atom is -0.452 e. The third-order valence-electron chi connectivity index (χ3n) is 4.36. The summed E-state index contributed by atoms with van der Waals surface area (Å²) in [6.07, 6.45) is 2.44. The van der Waals surface area contributed by atoms with Crippen LogP contribution in [0.3, 0.4) is 0 Å². The maximum atomic E-state index is 12.7. The Kier molecular flexibility index (Phi) is 6.22. The van der Waals surface area contributed by atoms with Gasteiger partial charge in [-0.1, -0.05) is 55.5 Å². The van der Waals surface area contributed by atoms with Gasteiger partial charge in [0, 0.05) is 17.8 Å². The zero-order chi connectivity index (χ0) is 19.9. The van der Waals surface area contributed by atoms with E-state index >= 15 is 0 Å². The molecule has 0 saturated carbocycles. The summed E-state index contributed by atoms with van der Waals surface area (Å²) in [6.45, 7) is 3.55. The molecule has 3 aromatic rings. The Bertz CT molecular complexity index is 936. The fraction of sp³-hybridized carbons (Fsp3) is 0.227. The molecule has 0 aliphatic carbocycles. The van der Waals surface area contributed by atoms with Crippen LogP contribution in [-0.4, -0.2) is 34.3 Å². The van der Waals surface area contributed by atoms with E-state index < -0.39 is 5.97 Å². The van der Waals surface area contributed by atoms with Crippen molar-refractivity contribution in [3.63, 3.8) is 0 Å². The molecular weight excluding hydrogens is 354 g/mol. The van der Waals surface area contributed by atoms with E-state index in [-0.39, 0.29) is 18.6 Å². The van der Waals surface area contributed by atoms with Gasteiger partial charge in [0.05, 0.1) is 5.69 Å². The Hall–Kier alpha value is -3.41. The maximum Gasteiger partial charge on any atom is 0.342 e. The van der Waals surface area contributed by atoms with Gasteiger partial charge in [0.25, 0.3) is 5.91 Å². The largest absolute Gasteiger partial charge is 0.452 e. The first-order chi connectivity index (χ1) is 13.6. The molecule has 1 unspecified atom stereocenters. The van der Waals surface area contributed by atoms with Crippen LogP contribution in [0.15, 0.2) is 66.9 Å². The van der Waals surface area contributed by atoms with E-state index in [0.29, 0.717) is 11.3 Å².